The Morgan fingerprint density at radius 1 is 1.11 bits per heavy atom. The molecule has 2 fully saturated rings. The standard InChI is InChI=1S/C26H26BrClN2O5S/c1-2-34-21-12-18(19(27)14-22(21)35-16-17-8-4-5-9-20(17)28)13-23-25(32)30(26(33)36-23)15-24(31)29-10-6-3-7-11-29/h4-5,8-9,12-14H,2-3,6-7,10-11,15-16H2,1H3/b23-13-. The van der Waals surface area contributed by atoms with Gasteiger partial charge in [-0.05, 0) is 67.8 Å². The van der Waals surface area contributed by atoms with Gasteiger partial charge in [-0.25, -0.2) is 0 Å². The fourth-order valence-electron chi connectivity index (χ4n) is 3.97. The zero-order valence-corrected chi connectivity index (χ0v) is 23.0. The van der Waals surface area contributed by atoms with Gasteiger partial charge in [0, 0.05) is 28.1 Å². The number of amides is 3. The van der Waals surface area contributed by atoms with Gasteiger partial charge >= 0.3 is 0 Å². The van der Waals surface area contributed by atoms with E-state index in [1.165, 1.54) is 0 Å². The topological polar surface area (TPSA) is 76.2 Å². The summed E-state index contributed by atoms with van der Waals surface area (Å²) < 4.78 is 12.4. The molecule has 0 unspecified atom stereocenters. The maximum absolute atomic E-state index is 13.0. The summed E-state index contributed by atoms with van der Waals surface area (Å²) in [4.78, 5) is 41.1. The van der Waals surface area contributed by atoms with E-state index >= 15 is 0 Å². The van der Waals surface area contributed by atoms with Gasteiger partial charge in [0.15, 0.2) is 11.5 Å². The van der Waals surface area contributed by atoms with Crippen LogP contribution in [0.1, 0.15) is 37.3 Å². The molecule has 0 spiro atoms. The van der Waals surface area contributed by atoms with Crippen molar-refractivity contribution in [2.75, 3.05) is 26.2 Å². The number of piperidine rings is 1. The number of benzene rings is 2. The first-order valence-electron chi connectivity index (χ1n) is 11.7. The van der Waals surface area contributed by atoms with Gasteiger partial charge in [0.1, 0.15) is 13.2 Å². The molecule has 7 nitrogen and oxygen atoms in total. The molecule has 4 rings (SSSR count). The van der Waals surface area contributed by atoms with Crippen LogP contribution in [0.25, 0.3) is 6.08 Å². The first kappa shape index (κ1) is 26.6. The summed E-state index contributed by atoms with van der Waals surface area (Å²) in [6.45, 7) is 3.65. The Morgan fingerprint density at radius 3 is 2.56 bits per heavy atom. The third-order valence-electron chi connectivity index (χ3n) is 5.87. The number of halogens is 2. The molecule has 0 saturated carbocycles. The molecule has 10 heteroatoms. The largest absolute Gasteiger partial charge is 0.490 e. The van der Waals surface area contributed by atoms with Gasteiger partial charge in [0.2, 0.25) is 5.91 Å². The molecular weight excluding hydrogens is 568 g/mol. The van der Waals surface area contributed by atoms with Gasteiger partial charge in [0.25, 0.3) is 11.1 Å². The van der Waals surface area contributed by atoms with Crippen LogP contribution in [-0.4, -0.2) is 53.1 Å². The van der Waals surface area contributed by atoms with Crippen LogP contribution in [0.4, 0.5) is 4.79 Å². The summed E-state index contributed by atoms with van der Waals surface area (Å²) in [6, 6.07) is 10.9. The second kappa shape index (κ2) is 12.2. The molecule has 2 aliphatic rings. The minimum atomic E-state index is -0.473. The highest BCUT2D eigenvalue weighted by molar-refractivity contribution is 9.10. The van der Waals surface area contributed by atoms with Crippen LogP contribution in [0.3, 0.4) is 0 Å². The zero-order valence-electron chi connectivity index (χ0n) is 19.8. The molecule has 0 atom stereocenters. The summed E-state index contributed by atoms with van der Waals surface area (Å²) in [5.41, 5.74) is 1.49. The number of hydrogen-bond acceptors (Lipinski definition) is 6. The first-order chi connectivity index (χ1) is 17.4. The van der Waals surface area contributed by atoms with Crippen molar-refractivity contribution < 1.29 is 23.9 Å². The second-order valence-corrected chi connectivity index (χ2v) is 10.6. The van der Waals surface area contributed by atoms with Gasteiger partial charge in [-0.2, -0.15) is 0 Å². The van der Waals surface area contributed by atoms with E-state index in [4.69, 9.17) is 21.1 Å². The fourth-order valence-corrected chi connectivity index (χ4v) is 5.43. The summed E-state index contributed by atoms with van der Waals surface area (Å²) >= 11 is 10.6. The number of carbonyl (C=O) groups is 3. The molecule has 2 saturated heterocycles. The Kier molecular flexibility index (Phi) is 8.98. The van der Waals surface area contributed by atoms with E-state index in [1.54, 1.807) is 29.2 Å². The van der Waals surface area contributed by atoms with Crippen molar-refractivity contribution in [2.24, 2.45) is 0 Å². The average Bonchev–Trinajstić information content (AvgIpc) is 3.13. The van der Waals surface area contributed by atoms with Gasteiger partial charge in [-0.3, -0.25) is 19.3 Å². The Bertz CT molecular complexity index is 1200. The number of hydrogen-bond donors (Lipinski definition) is 0. The van der Waals surface area contributed by atoms with Gasteiger partial charge in [-0.1, -0.05) is 45.7 Å². The van der Waals surface area contributed by atoms with Crippen LogP contribution >= 0.6 is 39.3 Å². The predicted octanol–water partition coefficient (Wildman–Crippen LogP) is 6.13. The van der Waals surface area contributed by atoms with E-state index in [1.807, 2.05) is 25.1 Å². The van der Waals surface area contributed by atoms with Crippen molar-refractivity contribution >= 4 is 62.4 Å². The normalized spacial score (nSPS) is 17.1. The monoisotopic (exact) mass is 592 g/mol. The second-order valence-electron chi connectivity index (χ2n) is 8.34. The molecule has 0 radical (unpaired) electrons. The summed E-state index contributed by atoms with van der Waals surface area (Å²) in [5.74, 6) is 0.344. The van der Waals surface area contributed by atoms with Crippen LogP contribution in [0.2, 0.25) is 5.02 Å². The molecule has 2 heterocycles. The highest BCUT2D eigenvalue weighted by Gasteiger charge is 2.37. The van der Waals surface area contributed by atoms with Crippen molar-refractivity contribution in [3.63, 3.8) is 0 Å². The summed E-state index contributed by atoms with van der Waals surface area (Å²) in [7, 11) is 0. The predicted molar refractivity (Wildman–Crippen MR) is 144 cm³/mol. The van der Waals surface area contributed by atoms with Crippen LogP contribution in [0.5, 0.6) is 11.5 Å². The number of nitrogens with zero attached hydrogens (tertiary/aromatic N) is 2. The molecular formula is C26H26BrClN2O5S. The molecule has 3 amide bonds. The van der Waals surface area contributed by atoms with Crippen molar-refractivity contribution in [1.29, 1.82) is 0 Å². The van der Waals surface area contributed by atoms with Crippen LogP contribution < -0.4 is 9.47 Å². The lowest BCUT2D eigenvalue weighted by molar-refractivity contribution is -0.136. The van der Waals surface area contributed by atoms with Gasteiger partial charge in [-0.15, -0.1) is 0 Å². The SMILES string of the molecule is CCOc1cc(/C=C2\SC(=O)N(CC(=O)N3CCCCC3)C2=O)c(Br)cc1OCc1ccccc1Cl. The maximum Gasteiger partial charge on any atom is 0.294 e. The van der Waals surface area contributed by atoms with Crippen LogP contribution in [0.15, 0.2) is 45.8 Å². The number of ether oxygens (including phenoxy) is 2. The molecule has 0 bridgehead atoms. The van der Waals surface area contributed by atoms with E-state index in [0.29, 0.717) is 46.3 Å². The molecule has 0 aromatic heterocycles. The van der Waals surface area contributed by atoms with E-state index in [9.17, 15) is 14.4 Å². The number of carbonyl (C=O) groups excluding carboxylic acids is 3. The smallest absolute Gasteiger partial charge is 0.294 e. The van der Waals surface area contributed by atoms with Crippen molar-refractivity contribution in [3.8, 4) is 11.5 Å². The number of likely N-dealkylation sites (tertiary alicyclic amines) is 1. The molecule has 190 valence electrons. The van der Waals surface area contributed by atoms with Gasteiger partial charge < -0.3 is 14.4 Å². The first-order valence-corrected chi connectivity index (χ1v) is 13.7. The van der Waals surface area contributed by atoms with E-state index < -0.39 is 11.1 Å². The Hall–Kier alpha value is -2.49. The van der Waals surface area contributed by atoms with E-state index in [2.05, 4.69) is 15.9 Å². The number of rotatable bonds is 8. The van der Waals surface area contributed by atoms with Crippen molar-refractivity contribution in [1.82, 2.24) is 9.80 Å². The number of imide groups is 1. The molecule has 2 aromatic carbocycles. The van der Waals surface area contributed by atoms with Crippen LogP contribution in [-0.2, 0) is 16.2 Å². The quantitative estimate of drug-likeness (QED) is 0.343. The Morgan fingerprint density at radius 2 is 1.83 bits per heavy atom. The minimum absolute atomic E-state index is 0.196. The number of thioether (sulfide) groups is 1. The average molecular weight is 594 g/mol. The Balaban J connectivity index is 1.51. The Labute approximate surface area is 227 Å². The van der Waals surface area contributed by atoms with Gasteiger partial charge in [0.05, 0.1) is 11.5 Å². The molecule has 0 N–H and O–H groups in total. The highest BCUT2D eigenvalue weighted by atomic mass is 79.9. The highest BCUT2D eigenvalue weighted by Crippen LogP contribution is 2.38. The minimum Gasteiger partial charge on any atom is -0.490 e. The third-order valence-corrected chi connectivity index (χ3v) is 7.83. The van der Waals surface area contributed by atoms with E-state index in [0.717, 1.165) is 41.5 Å². The summed E-state index contributed by atoms with van der Waals surface area (Å²) in [5, 5.41) is 0.165. The molecule has 36 heavy (non-hydrogen) atoms. The lowest BCUT2D eigenvalue weighted by Gasteiger charge is -2.27. The van der Waals surface area contributed by atoms with Crippen LogP contribution in [0, 0.1) is 0 Å². The molecule has 2 aliphatic heterocycles. The molecule has 2 aromatic rings. The maximum atomic E-state index is 13.0. The fraction of sp³-hybridized carbons (Fsp3) is 0.346. The molecule has 0 aliphatic carbocycles. The van der Waals surface area contributed by atoms with Crippen molar-refractivity contribution in [3.05, 3.63) is 61.9 Å². The van der Waals surface area contributed by atoms with E-state index in [-0.39, 0.29) is 24.0 Å². The lowest BCUT2D eigenvalue weighted by Crippen LogP contribution is -2.44. The van der Waals surface area contributed by atoms with Crippen molar-refractivity contribution in [2.45, 2.75) is 32.8 Å². The lowest BCUT2D eigenvalue weighted by atomic mass is 10.1. The third kappa shape index (κ3) is 6.25. The zero-order chi connectivity index (χ0) is 25.7. The summed E-state index contributed by atoms with van der Waals surface area (Å²) in [6.07, 6.45) is 4.61.